The van der Waals surface area contributed by atoms with Crippen LogP contribution in [0.3, 0.4) is 0 Å². The Balaban J connectivity index is 1.87. The maximum atomic E-state index is 9.43. The molecule has 22 heavy (non-hydrogen) atoms. The monoisotopic (exact) mass is 314 g/mol. The van der Waals surface area contributed by atoms with Crippen LogP contribution in [0.1, 0.15) is 11.4 Å². The molecule has 1 aromatic heterocycles. The van der Waals surface area contributed by atoms with Crippen molar-refractivity contribution in [1.29, 1.82) is 0 Å². The van der Waals surface area contributed by atoms with Gasteiger partial charge in [0, 0.05) is 0 Å². The molecule has 3 rings (SSSR count). The number of rotatable bonds is 4. The molecule has 5 nitrogen and oxygen atoms in total. The zero-order chi connectivity index (χ0) is 15.5. The molecule has 1 heterocycles. The molecule has 0 atom stereocenters. The van der Waals surface area contributed by atoms with Crippen LogP contribution in [0.5, 0.6) is 5.75 Å². The lowest BCUT2D eigenvalue weighted by atomic mass is 10.1. The molecule has 0 saturated carbocycles. The van der Waals surface area contributed by atoms with Crippen molar-refractivity contribution in [2.24, 2.45) is 5.84 Å². The number of halogens is 1. The number of phenols is 1. The molecule has 0 spiro atoms. The molecule has 0 aliphatic heterocycles. The first-order valence-electron chi connectivity index (χ1n) is 6.76. The third-order valence-corrected chi connectivity index (χ3v) is 3.66. The number of benzene rings is 2. The Morgan fingerprint density at radius 3 is 2.86 bits per heavy atom. The van der Waals surface area contributed by atoms with E-state index in [9.17, 15) is 5.11 Å². The number of H-pyrrole nitrogens is 1. The maximum Gasteiger partial charge on any atom is 0.155 e. The van der Waals surface area contributed by atoms with Gasteiger partial charge in [0.1, 0.15) is 5.75 Å². The van der Waals surface area contributed by atoms with Crippen LogP contribution in [0.15, 0.2) is 48.5 Å². The minimum absolute atomic E-state index is 0.0730. The summed E-state index contributed by atoms with van der Waals surface area (Å²) >= 11 is 5.90. The van der Waals surface area contributed by atoms with Crippen LogP contribution in [0.25, 0.3) is 16.7 Å². The predicted molar refractivity (Wildman–Crippen MR) is 88.2 cm³/mol. The van der Waals surface area contributed by atoms with E-state index in [0.717, 1.165) is 16.6 Å². The highest BCUT2D eigenvalue weighted by Crippen LogP contribution is 2.24. The fourth-order valence-corrected chi connectivity index (χ4v) is 2.40. The SMILES string of the molecule is NN/C(=C\Cc1ccc(O)c(Cl)c1)c1nc2ccccc2[nH]1. The zero-order valence-corrected chi connectivity index (χ0v) is 12.4. The lowest BCUT2D eigenvalue weighted by molar-refractivity contribution is 0.475. The summed E-state index contributed by atoms with van der Waals surface area (Å²) in [4.78, 5) is 7.71. The largest absolute Gasteiger partial charge is 0.506 e. The molecule has 0 radical (unpaired) electrons. The number of imidazole rings is 1. The van der Waals surface area contributed by atoms with E-state index in [1.165, 1.54) is 0 Å². The van der Waals surface area contributed by atoms with Crippen LogP contribution in [0.2, 0.25) is 5.02 Å². The quantitative estimate of drug-likeness (QED) is 0.440. The van der Waals surface area contributed by atoms with Crippen LogP contribution in [0.4, 0.5) is 0 Å². The van der Waals surface area contributed by atoms with Crippen molar-refractivity contribution in [3.63, 3.8) is 0 Å². The molecule has 112 valence electrons. The maximum absolute atomic E-state index is 9.43. The van der Waals surface area contributed by atoms with Gasteiger partial charge in [-0.2, -0.15) is 0 Å². The fourth-order valence-electron chi connectivity index (χ4n) is 2.20. The number of hydrogen-bond donors (Lipinski definition) is 4. The van der Waals surface area contributed by atoms with Crippen molar-refractivity contribution in [1.82, 2.24) is 15.4 Å². The van der Waals surface area contributed by atoms with Crippen molar-refractivity contribution >= 4 is 28.3 Å². The molecule has 3 aromatic rings. The number of nitrogens with two attached hydrogens (primary N) is 1. The van der Waals surface area contributed by atoms with E-state index in [-0.39, 0.29) is 5.75 Å². The summed E-state index contributed by atoms with van der Waals surface area (Å²) in [7, 11) is 0. The van der Waals surface area contributed by atoms with Gasteiger partial charge in [-0.15, -0.1) is 0 Å². The van der Waals surface area contributed by atoms with Crippen molar-refractivity contribution in [3.8, 4) is 5.75 Å². The van der Waals surface area contributed by atoms with Crippen LogP contribution in [-0.2, 0) is 6.42 Å². The molecule has 0 saturated heterocycles. The van der Waals surface area contributed by atoms with Gasteiger partial charge < -0.3 is 15.5 Å². The number of nitrogens with one attached hydrogen (secondary N) is 2. The van der Waals surface area contributed by atoms with Gasteiger partial charge in [0.25, 0.3) is 0 Å². The van der Waals surface area contributed by atoms with Gasteiger partial charge in [-0.3, -0.25) is 5.84 Å². The second kappa shape index (κ2) is 6.09. The smallest absolute Gasteiger partial charge is 0.155 e. The molecule has 6 heteroatoms. The number of aromatic nitrogens is 2. The molecular weight excluding hydrogens is 300 g/mol. The van der Waals surface area contributed by atoms with Crippen molar-refractivity contribution < 1.29 is 5.11 Å². The molecule has 0 fully saturated rings. The Labute approximate surface area is 132 Å². The third-order valence-electron chi connectivity index (χ3n) is 3.35. The van der Waals surface area contributed by atoms with Gasteiger partial charge >= 0.3 is 0 Å². The Kier molecular flexibility index (Phi) is 4.00. The highest BCUT2D eigenvalue weighted by Gasteiger charge is 2.07. The Bertz CT molecular complexity index is 808. The minimum atomic E-state index is 0.0730. The number of nitrogens with zero attached hydrogens (tertiary/aromatic N) is 1. The molecule has 0 unspecified atom stereocenters. The number of phenolic OH excluding ortho intramolecular Hbond substituents is 1. The lowest BCUT2D eigenvalue weighted by Gasteiger charge is -2.04. The minimum Gasteiger partial charge on any atom is -0.506 e. The Morgan fingerprint density at radius 2 is 2.14 bits per heavy atom. The second-order valence-electron chi connectivity index (χ2n) is 4.85. The van der Waals surface area contributed by atoms with E-state index in [4.69, 9.17) is 17.4 Å². The summed E-state index contributed by atoms with van der Waals surface area (Å²) in [6.45, 7) is 0. The topological polar surface area (TPSA) is 87.0 Å². The summed E-state index contributed by atoms with van der Waals surface area (Å²) in [5, 5.41) is 9.76. The number of aromatic hydroxyl groups is 1. The van der Waals surface area contributed by atoms with Crippen molar-refractivity contribution in [3.05, 3.63) is 65.0 Å². The highest BCUT2D eigenvalue weighted by atomic mass is 35.5. The number of hydrogen-bond acceptors (Lipinski definition) is 4. The van der Waals surface area contributed by atoms with Gasteiger partial charge in [-0.25, -0.2) is 4.98 Å². The molecule has 0 aliphatic carbocycles. The zero-order valence-electron chi connectivity index (χ0n) is 11.7. The first kappa shape index (κ1) is 14.4. The van der Waals surface area contributed by atoms with E-state index in [2.05, 4.69) is 15.4 Å². The number of allylic oxidation sites excluding steroid dienone is 1. The van der Waals surface area contributed by atoms with E-state index >= 15 is 0 Å². The van der Waals surface area contributed by atoms with Gasteiger partial charge in [-0.1, -0.05) is 35.9 Å². The van der Waals surface area contributed by atoms with Gasteiger partial charge in [-0.05, 0) is 36.2 Å². The Hall–Kier alpha value is -2.50. The van der Waals surface area contributed by atoms with Crippen LogP contribution in [-0.4, -0.2) is 15.1 Å². The van der Waals surface area contributed by atoms with Gasteiger partial charge in [0.05, 0.1) is 21.8 Å². The number of para-hydroxylation sites is 2. The van der Waals surface area contributed by atoms with Gasteiger partial charge in [0.15, 0.2) is 5.82 Å². The number of hydrazine groups is 1. The third kappa shape index (κ3) is 2.90. The summed E-state index contributed by atoms with van der Waals surface area (Å²) in [5.41, 5.74) is 6.15. The fraction of sp³-hybridized carbons (Fsp3) is 0.0625. The summed E-state index contributed by atoms with van der Waals surface area (Å²) in [6, 6.07) is 12.9. The van der Waals surface area contributed by atoms with Crippen LogP contribution >= 0.6 is 11.6 Å². The van der Waals surface area contributed by atoms with Gasteiger partial charge in [0.2, 0.25) is 0 Å². The molecule has 0 bridgehead atoms. The lowest BCUT2D eigenvalue weighted by Crippen LogP contribution is -2.21. The van der Waals surface area contributed by atoms with E-state index in [0.29, 0.717) is 23.0 Å². The Morgan fingerprint density at radius 1 is 1.32 bits per heavy atom. The highest BCUT2D eigenvalue weighted by molar-refractivity contribution is 6.32. The van der Waals surface area contributed by atoms with E-state index < -0.39 is 0 Å². The summed E-state index contributed by atoms with van der Waals surface area (Å²) in [5.74, 6) is 6.35. The van der Waals surface area contributed by atoms with Crippen LogP contribution in [0, 0.1) is 0 Å². The molecule has 5 N–H and O–H groups in total. The first-order valence-corrected chi connectivity index (χ1v) is 7.14. The molecule has 2 aromatic carbocycles. The number of fused-ring (bicyclic) bond motifs is 1. The van der Waals surface area contributed by atoms with E-state index in [1.807, 2.05) is 36.4 Å². The van der Waals surface area contributed by atoms with Crippen LogP contribution < -0.4 is 11.3 Å². The predicted octanol–water partition coefficient (Wildman–Crippen LogP) is 2.97. The molecule has 0 amide bonds. The summed E-state index contributed by atoms with van der Waals surface area (Å²) < 4.78 is 0. The summed E-state index contributed by atoms with van der Waals surface area (Å²) in [6.07, 6.45) is 2.52. The second-order valence-corrected chi connectivity index (χ2v) is 5.26. The number of aromatic amines is 1. The van der Waals surface area contributed by atoms with E-state index in [1.54, 1.807) is 12.1 Å². The first-order chi connectivity index (χ1) is 10.7. The average Bonchev–Trinajstić information content (AvgIpc) is 2.95. The van der Waals surface area contributed by atoms with Crippen molar-refractivity contribution in [2.45, 2.75) is 6.42 Å². The van der Waals surface area contributed by atoms with Crippen molar-refractivity contribution in [2.75, 3.05) is 0 Å². The molecule has 0 aliphatic rings. The molecular formula is C16H15ClN4O. The normalized spacial score (nSPS) is 11.8. The standard InChI is InChI=1S/C16H15ClN4O/c17-11-9-10(6-8-15(11)22)5-7-14(21-18)16-19-12-3-1-2-4-13(12)20-16/h1-4,6-9,21-22H,5,18H2,(H,19,20)/b14-7-. The average molecular weight is 315 g/mol.